The first kappa shape index (κ1) is 29.7. The number of thioether (sulfide) groups is 1. The fraction of sp³-hybridized carbons (Fsp3) is 0.538. The van der Waals surface area contributed by atoms with Crippen molar-refractivity contribution in [3.63, 3.8) is 0 Å². The standard InChI is InChI=1S/C26H32BrFN2O3S.2ClH/c27-23-14-25-26(33-18-32-25)15-24(23)31-17-20-16-30(8-1-7-29-10-12-34-13-11-29)9-6-22(20)19-2-4-21(28)5-3-19;;/h2-5,14-15,20,22H,1,6-13,16-18H2;2*1H/t20-,22-;;/m0../s1. The summed E-state index contributed by atoms with van der Waals surface area (Å²) in [5.41, 5.74) is 1.20. The third kappa shape index (κ3) is 7.58. The SMILES string of the molecule is Cl.Cl.Fc1ccc([C@@H]2CCN(CCCN3CCSCC3)C[C@H]2COc2cc3c(cc2Br)OCO3)cc1. The highest BCUT2D eigenvalue weighted by Gasteiger charge is 2.31. The molecular formula is C26H34BrCl2FN2O3S. The van der Waals surface area contributed by atoms with Crippen molar-refractivity contribution in [2.75, 3.05) is 64.2 Å². The van der Waals surface area contributed by atoms with Gasteiger partial charge < -0.3 is 24.0 Å². The topological polar surface area (TPSA) is 34.2 Å². The lowest BCUT2D eigenvalue weighted by molar-refractivity contribution is 0.106. The summed E-state index contributed by atoms with van der Waals surface area (Å²) in [7, 11) is 0. The molecule has 0 saturated carbocycles. The van der Waals surface area contributed by atoms with Crippen LogP contribution in [-0.2, 0) is 0 Å². The normalized spacial score (nSPS) is 21.9. The van der Waals surface area contributed by atoms with Crippen LogP contribution in [0.3, 0.4) is 0 Å². The Balaban J connectivity index is 0.00000180. The Morgan fingerprint density at radius 1 is 0.972 bits per heavy atom. The van der Waals surface area contributed by atoms with Gasteiger partial charge in [-0.25, -0.2) is 4.39 Å². The molecule has 0 amide bonds. The van der Waals surface area contributed by atoms with E-state index in [0.29, 0.717) is 18.4 Å². The Morgan fingerprint density at radius 2 is 1.67 bits per heavy atom. The first-order valence-corrected chi connectivity index (χ1v) is 14.1. The van der Waals surface area contributed by atoms with Gasteiger partial charge in [-0.05, 0) is 72.0 Å². The second-order valence-corrected chi connectivity index (χ2v) is 11.3. The van der Waals surface area contributed by atoms with Crippen molar-refractivity contribution in [2.24, 2.45) is 5.92 Å². The number of nitrogens with zero attached hydrogens (tertiary/aromatic N) is 2. The molecule has 2 atom stereocenters. The van der Waals surface area contributed by atoms with E-state index in [-0.39, 0.29) is 37.4 Å². The Kier molecular flexibility index (Phi) is 11.8. The quantitative estimate of drug-likeness (QED) is 0.354. The zero-order valence-electron chi connectivity index (χ0n) is 20.2. The molecule has 2 aromatic rings. The summed E-state index contributed by atoms with van der Waals surface area (Å²) in [6.45, 7) is 7.64. The summed E-state index contributed by atoms with van der Waals surface area (Å²) in [5, 5.41) is 0. The summed E-state index contributed by atoms with van der Waals surface area (Å²) >= 11 is 5.67. The van der Waals surface area contributed by atoms with E-state index in [2.05, 4.69) is 37.5 Å². The van der Waals surface area contributed by atoms with Crippen molar-refractivity contribution in [3.8, 4) is 17.2 Å². The van der Waals surface area contributed by atoms with Gasteiger partial charge in [0.15, 0.2) is 11.5 Å². The zero-order valence-corrected chi connectivity index (χ0v) is 24.2. The number of fused-ring (bicyclic) bond motifs is 1. The molecule has 3 aliphatic rings. The molecule has 5 rings (SSSR count). The lowest BCUT2D eigenvalue weighted by atomic mass is 9.80. The van der Waals surface area contributed by atoms with E-state index < -0.39 is 0 Å². The third-order valence-electron chi connectivity index (χ3n) is 7.05. The summed E-state index contributed by atoms with van der Waals surface area (Å²) in [5.74, 6) is 5.23. The fourth-order valence-electron chi connectivity index (χ4n) is 5.18. The van der Waals surface area contributed by atoms with E-state index in [9.17, 15) is 4.39 Å². The molecule has 5 nitrogen and oxygen atoms in total. The number of likely N-dealkylation sites (tertiary alicyclic amines) is 1. The fourth-order valence-corrected chi connectivity index (χ4v) is 6.59. The van der Waals surface area contributed by atoms with Crippen LogP contribution in [0, 0.1) is 11.7 Å². The highest BCUT2D eigenvalue weighted by atomic mass is 79.9. The second kappa shape index (κ2) is 14.3. The van der Waals surface area contributed by atoms with E-state index in [1.165, 1.54) is 43.1 Å². The van der Waals surface area contributed by atoms with Crippen LogP contribution in [0.1, 0.15) is 24.3 Å². The van der Waals surface area contributed by atoms with Gasteiger partial charge in [0, 0.05) is 49.2 Å². The van der Waals surface area contributed by atoms with Crippen LogP contribution in [0.4, 0.5) is 4.39 Å². The molecule has 0 aliphatic carbocycles. The van der Waals surface area contributed by atoms with E-state index in [0.717, 1.165) is 47.8 Å². The van der Waals surface area contributed by atoms with Gasteiger partial charge >= 0.3 is 0 Å². The summed E-state index contributed by atoms with van der Waals surface area (Å²) in [4.78, 5) is 5.18. The maximum Gasteiger partial charge on any atom is 0.231 e. The van der Waals surface area contributed by atoms with E-state index in [1.807, 2.05) is 24.3 Å². The minimum atomic E-state index is -0.186. The Morgan fingerprint density at radius 3 is 2.42 bits per heavy atom. The van der Waals surface area contributed by atoms with Crippen LogP contribution < -0.4 is 14.2 Å². The number of ether oxygens (including phenoxy) is 3. The van der Waals surface area contributed by atoms with Crippen molar-refractivity contribution >= 4 is 52.5 Å². The first-order valence-electron chi connectivity index (χ1n) is 12.2. The number of halogens is 4. The molecule has 2 fully saturated rings. The minimum Gasteiger partial charge on any atom is -0.492 e. The first-order chi connectivity index (χ1) is 16.7. The van der Waals surface area contributed by atoms with Crippen molar-refractivity contribution in [1.82, 2.24) is 9.80 Å². The maximum absolute atomic E-state index is 13.6. The largest absolute Gasteiger partial charge is 0.492 e. The molecule has 200 valence electrons. The van der Waals surface area contributed by atoms with Crippen molar-refractivity contribution in [3.05, 3.63) is 52.3 Å². The van der Waals surface area contributed by atoms with Gasteiger partial charge in [-0.1, -0.05) is 12.1 Å². The number of piperidine rings is 1. The molecule has 0 spiro atoms. The summed E-state index contributed by atoms with van der Waals surface area (Å²) in [6.07, 6.45) is 2.26. The molecule has 2 aromatic carbocycles. The summed E-state index contributed by atoms with van der Waals surface area (Å²) in [6, 6.07) is 10.8. The summed E-state index contributed by atoms with van der Waals surface area (Å²) < 4.78 is 31.7. The Hall–Kier alpha value is -0.900. The number of hydrogen-bond acceptors (Lipinski definition) is 6. The Labute approximate surface area is 238 Å². The Bertz CT molecular complexity index is 969. The zero-order chi connectivity index (χ0) is 23.3. The molecule has 36 heavy (non-hydrogen) atoms. The predicted octanol–water partition coefficient (Wildman–Crippen LogP) is 6.08. The van der Waals surface area contributed by atoms with Crippen LogP contribution in [0.2, 0.25) is 0 Å². The maximum atomic E-state index is 13.6. The van der Waals surface area contributed by atoms with E-state index in [1.54, 1.807) is 12.1 Å². The van der Waals surface area contributed by atoms with Gasteiger partial charge in [-0.15, -0.1) is 24.8 Å². The number of hydrogen-bond donors (Lipinski definition) is 0. The smallest absolute Gasteiger partial charge is 0.231 e. The molecule has 0 aromatic heterocycles. The minimum absolute atomic E-state index is 0. The highest BCUT2D eigenvalue weighted by Crippen LogP contribution is 2.41. The third-order valence-corrected chi connectivity index (χ3v) is 8.61. The number of rotatable bonds is 8. The van der Waals surface area contributed by atoms with Gasteiger partial charge in [0.2, 0.25) is 6.79 Å². The van der Waals surface area contributed by atoms with Gasteiger partial charge in [0.05, 0.1) is 11.1 Å². The van der Waals surface area contributed by atoms with Crippen molar-refractivity contribution in [1.29, 1.82) is 0 Å². The molecular weight excluding hydrogens is 590 g/mol. The van der Waals surface area contributed by atoms with E-state index in [4.69, 9.17) is 14.2 Å². The molecule has 0 unspecified atom stereocenters. The molecule has 0 N–H and O–H groups in total. The second-order valence-electron chi connectivity index (χ2n) is 9.26. The molecule has 3 heterocycles. The van der Waals surface area contributed by atoms with Crippen molar-refractivity contribution in [2.45, 2.75) is 18.8 Å². The van der Waals surface area contributed by atoms with Gasteiger partial charge in [0.1, 0.15) is 11.6 Å². The van der Waals surface area contributed by atoms with Gasteiger partial charge in [0.25, 0.3) is 0 Å². The monoisotopic (exact) mass is 622 g/mol. The molecule has 2 saturated heterocycles. The van der Waals surface area contributed by atoms with Crippen LogP contribution in [-0.4, -0.2) is 74.0 Å². The van der Waals surface area contributed by atoms with Crippen LogP contribution in [0.25, 0.3) is 0 Å². The van der Waals surface area contributed by atoms with E-state index >= 15 is 0 Å². The van der Waals surface area contributed by atoms with Crippen LogP contribution in [0.15, 0.2) is 40.9 Å². The van der Waals surface area contributed by atoms with Crippen LogP contribution >= 0.6 is 52.5 Å². The van der Waals surface area contributed by atoms with Gasteiger partial charge in [-0.3, -0.25) is 0 Å². The average Bonchev–Trinajstić information content (AvgIpc) is 3.31. The molecule has 3 aliphatic heterocycles. The van der Waals surface area contributed by atoms with Gasteiger partial charge in [-0.2, -0.15) is 11.8 Å². The predicted molar refractivity (Wildman–Crippen MR) is 152 cm³/mol. The lowest BCUT2D eigenvalue weighted by Gasteiger charge is -2.39. The molecule has 0 bridgehead atoms. The highest BCUT2D eigenvalue weighted by molar-refractivity contribution is 9.10. The lowest BCUT2D eigenvalue weighted by Crippen LogP contribution is -2.43. The van der Waals surface area contributed by atoms with Crippen LogP contribution in [0.5, 0.6) is 17.2 Å². The number of benzene rings is 2. The molecule has 0 radical (unpaired) electrons. The average molecular weight is 624 g/mol. The van der Waals surface area contributed by atoms with Crippen molar-refractivity contribution < 1.29 is 18.6 Å². The molecule has 10 heteroatoms.